The molecule has 0 atom stereocenters. The molecule has 2 amide bonds. The summed E-state index contributed by atoms with van der Waals surface area (Å²) in [6.07, 6.45) is 3.38. The van der Waals surface area contributed by atoms with Crippen LogP contribution in [0.15, 0.2) is 48.8 Å². The molecule has 1 heterocycles. The molecule has 0 radical (unpaired) electrons. The highest BCUT2D eigenvalue weighted by Crippen LogP contribution is 2.16. The van der Waals surface area contributed by atoms with Crippen LogP contribution in [0.3, 0.4) is 0 Å². The number of hydrogen-bond acceptors (Lipinski definition) is 3. The van der Waals surface area contributed by atoms with E-state index in [2.05, 4.69) is 15.6 Å². The predicted molar refractivity (Wildman–Crippen MR) is 81.4 cm³/mol. The Morgan fingerprint density at radius 2 is 2.00 bits per heavy atom. The van der Waals surface area contributed by atoms with Gasteiger partial charge in [0.1, 0.15) is 12.4 Å². The zero-order valence-corrected chi connectivity index (χ0v) is 12.1. The lowest BCUT2D eigenvalue weighted by Gasteiger charge is -2.09. The molecule has 2 rings (SSSR count). The van der Waals surface area contributed by atoms with Gasteiger partial charge in [0.15, 0.2) is 0 Å². The van der Waals surface area contributed by atoms with E-state index in [-0.39, 0.29) is 6.03 Å². The molecular formula is C15H16ClN3O2. The van der Waals surface area contributed by atoms with Crippen molar-refractivity contribution in [3.8, 4) is 5.75 Å². The first-order chi connectivity index (χ1) is 10.2. The van der Waals surface area contributed by atoms with Crippen LogP contribution in [0.4, 0.5) is 4.79 Å². The number of carbonyl (C=O) groups excluding carboxylic acids is 1. The molecular weight excluding hydrogens is 290 g/mol. The monoisotopic (exact) mass is 305 g/mol. The minimum absolute atomic E-state index is 0.235. The van der Waals surface area contributed by atoms with Gasteiger partial charge in [0, 0.05) is 24.0 Å². The second-order valence-corrected chi connectivity index (χ2v) is 4.71. The Labute approximate surface area is 128 Å². The molecule has 5 nitrogen and oxygen atoms in total. The van der Waals surface area contributed by atoms with E-state index < -0.39 is 0 Å². The van der Waals surface area contributed by atoms with Crippen LogP contribution in [0.25, 0.3) is 0 Å². The summed E-state index contributed by atoms with van der Waals surface area (Å²) in [5, 5.41) is 6.09. The first-order valence-electron chi connectivity index (χ1n) is 6.53. The summed E-state index contributed by atoms with van der Waals surface area (Å²) in [4.78, 5) is 15.5. The Kier molecular flexibility index (Phi) is 5.84. The van der Waals surface area contributed by atoms with Gasteiger partial charge in [-0.05, 0) is 35.9 Å². The van der Waals surface area contributed by atoms with Gasteiger partial charge in [0.2, 0.25) is 0 Å². The number of nitrogens with one attached hydrogen (secondary N) is 2. The van der Waals surface area contributed by atoms with Crippen molar-refractivity contribution in [1.82, 2.24) is 15.6 Å². The van der Waals surface area contributed by atoms with Gasteiger partial charge in [0.25, 0.3) is 0 Å². The molecule has 2 N–H and O–H groups in total. The number of benzene rings is 1. The third kappa shape index (κ3) is 5.71. The quantitative estimate of drug-likeness (QED) is 0.806. The zero-order chi connectivity index (χ0) is 14.9. The molecule has 0 saturated carbocycles. The van der Waals surface area contributed by atoms with E-state index in [4.69, 9.17) is 16.3 Å². The smallest absolute Gasteiger partial charge is 0.315 e. The second-order valence-electron chi connectivity index (χ2n) is 4.27. The van der Waals surface area contributed by atoms with Crippen molar-refractivity contribution in [1.29, 1.82) is 0 Å². The van der Waals surface area contributed by atoms with Gasteiger partial charge < -0.3 is 15.4 Å². The van der Waals surface area contributed by atoms with Crippen molar-refractivity contribution in [2.45, 2.75) is 6.54 Å². The van der Waals surface area contributed by atoms with Crippen molar-refractivity contribution in [3.63, 3.8) is 0 Å². The van der Waals surface area contributed by atoms with Crippen LogP contribution < -0.4 is 15.4 Å². The van der Waals surface area contributed by atoms with Crippen molar-refractivity contribution < 1.29 is 9.53 Å². The molecule has 0 aliphatic heterocycles. The van der Waals surface area contributed by atoms with Gasteiger partial charge in [-0.15, -0.1) is 0 Å². The number of carbonyl (C=O) groups is 1. The number of rotatable bonds is 6. The Hall–Kier alpha value is -2.27. The van der Waals surface area contributed by atoms with E-state index in [0.29, 0.717) is 30.5 Å². The summed E-state index contributed by atoms with van der Waals surface area (Å²) in [7, 11) is 0. The van der Waals surface area contributed by atoms with Crippen LogP contribution in [-0.4, -0.2) is 24.2 Å². The number of hydrogen-bond donors (Lipinski definition) is 2. The third-order valence-electron chi connectivity index (χ3n) is 2.65. The van der Waals surface area contributed by atoms with E-state index in [9.17, 15) is 4.79 Å². The highest BCUT2D eigenvalue weighted by molar-refractivity contribution is 6.30. The Morgan fingerprint density at radius 3 is 2.76 bits per heavy atom. The maximum Gasteiger partial charge on any atom is 0.315 e. The number of pyridine rings is 1. The van der Waals surface area contributed by atoms with Crippen molar-refractivity contribution >= 4 is 17.6 Å². The van der Waals surface area contributed by atoms with E-state index in [1.807, 2.05) is 24.3 Å². The van der Waals surface area contributed by atoms with Gasteiger partial charge in [-0.2, -0.15) is 0 Å². The SMILES string of the molecule is O=C(NCCOc1cccc(Cl)c1)NCc1ccncc1. The van der Waals surface area contributed by atoms with E-state index >= 15 is 0 Å². The minimum Gasteiger partial charge on any atom is -0.492 e. The molecule has 0 bridgehead atoms. The summed E-state index contributed by atoms with van der Waals surface area (Å²) < 4.78 is 5.46. The molecule has 0 aliphatic rings. The maximum absolute atomic E-state index is 11.6. The molecule has 1 aromatic heterocycles. The van der Waals surface area contributed by atoms with Crippen molar-refractivity contribution in [2.75, 3.05) is 13.2 Å². The van der Waals surface area contributed by atoms with Crippen LogP contribution in [0, 0.1) is 0 Å². The summed E-state index contributed by atoms with van der Waals surface area (Å²) in [5.74, 6) is 0.682. The number of ether oxygens (including phenoxy) is 1. The standard InChI is InChI=1S/C15H16ClN3O2/c16-13-2-1-3-14(10-13)21-9-8-18-15(20)19-11-12-4-6-17-7-5-12/h1-7,10H,8-9,11H2,(H2,18,19,20). The second kappa shape index (κ2) is 8.11. The number of aromatic nitrogens is 1. The Morgan fingerprint density at radius 1 is 1.19 bits per heavy atom. The van der Waals surface area contributed by atoms with Crippen LogP contribution in [0.5, 0.6) is 5.75 Å². The summed E-state index contributed by atoms with van der Waals surface area (Å²) >= 11 is 5.84. The van der Waals surface area contributed by atoms with E-state index in [1.54, 1.807) is 24.5 Å². The molecule has 0 spiro atoms. The molecule has 110 valence electrons. The van der Waals surface area contributed by atoms with Gasteiger partial charge in [-0.3, -0.25) is 4.98 Å². The molecule has 2 aromatic rings. The van der Waals surface area contributed by atoms with Gasteiger partial charge in [-0.25, -0.2) is 4.79 Å². The molecule has 0 saturated heterocycles. The van der Waals surface area contributed by atoms with Gasteiger partial charge in [0.05, 0.1) is 6.54 Å². The maximum atomic E-state index is 11.6. The Bertz CT molecular complexity index is 578. The fourth-order valence-corrected chi connectivity index (χ4v) is 1.82. The highest BCUT2D eigenvalue weighted by atomic mass is 35.5. The molecule has 0 aliphatic carbocycles. The fraction of sp³-hybridized carbons (Fsp3) is 0.200. The normalized spacial score (nSPS) is 9.95. The molecule has 0 unspecified atom stereocenters. The van der Waals surface area contributed by atoms with Crippen LogP contribution in [0.2, 0.25) is 5.02 Å². The lowest BCUT2D eigenvalue weighted by molar-refractivity contribution is 0.236. The van der Waals surface area contributed by atoms with Crippen molar-refractivity contribution in [3.05, 3.63) is 59.4 Å². The Balaban J connectivity index is 1.61. The topological polar surface area (TPSA) is 63.2 Å². The number of nitrogens with zero attached hydrogens (tertiary/aromatic N) is 1. The first-order valence-corrected chi connectivity index (χ1v) is 6.91. The highest BCUT2D eigenvalue weighted by Gasteiger charge is 2.00. The zero-order valence-electron chi connectivity index (χ0n) is 11.4. The lowest BCUT2D eigenvalue weighted by Crippen LogP contribution is -2.37. The van der Waals surface area contributed by atoms with Crippen LogP contribution in [-0.2, 0) is 6.54 Å². The number of urea groups is 1. The van der Waals surface area contributed by atoms with Crippen molar-refractivity contribution in [2.24, 2.45) is 0 Å². The molecule has 21 heavy (non-hydrogen) atoms. The fourth-order valence-electron chi connectivity index (χ4n) is 1.64. The lowest BCUT2D eigenvalue weighted by atomic mass is 10.3. The van der Waals surface area contributed by atoms with Gasteiger partial charge in [-0.1, -0.05) is 17.7 Å². The van der Waals surface area contributed by atoms with Crippen LogP contribution in [0.1, 0.15) is 5.56 Å². The average molecular weight is 306 g/mol. The van der Waals surface area contributed by atoms with Crippen LogP contribution >= 0.6 is 11.6 Å². The minimum atomic E-state index is -0.235. The first kappa shape index (κ1) is 15.1. The van der Waals surface area contributed by atoms with Gasteiger partial charge >= 0.3 is 6.03 Å². The predicted octanol–water partition coefficient (Wildman–Crippen LogP) is 2.61. The number of amides is 2. The molecule has 6 heteroatoms. The third-order valence-corrected chi connectivity index (χ3v) is 2.89. The summed E-state index contributed by atoms with van der Waals surface area (Å²) in [5.41, 5.74) is 0.996. The van der Waals surface area contributed by atoms with E-state index in [1.165, 1.54) is 0 Å². The average Bonchev–Trinajstić information content (AvgIpc) is 2.51. The largest absolute Gasteiger partial charge is 0.492 e. The van der Waals surface area contributed by atoms with E-state index in [0.717, 1.165) is 5.56 Å². The number of halogens is 1. The summed E-state index contributed by atoms with van der Waals surface area (Å²) in [6.45, 7) is 1.25. The summed E-state index contributed by atoms with van der Waals surface area (Å²) in [6, 6.07) is 10.6. The molecule has 1 aromatic carbocycles. The molecule has 0 fully saturated rings.